The van der Waals surface area contributed by atoms with Crippen molar-refractivity contribution in [2.45, 2.75) is 38.8 Å². The Labute approximate surface area is 124 Å². The zero-order valence-corrected chi connectivity index (χ0v) is 12.5. The van der Waals surface area contributed by atoms with Crippen LogP contribution in [0.1, 0.15) is 30.7 Å². The summed E-state index contributed by atoms with van der Waals surface area (Å²) in [4.78, 5) is 25.6. The molecule has 7 nitrogen and oxygen atoms in total. The van der Waals surface area contributed by atoms with Crippen LogP contribution in [0.15, 0.2) is 10.6 Å². The van der Waals surface area contributed by atoms with Crippen LogP contribution in [0.4, 0.5) is 0 Å². The van der Waals surface area contributed by atoms with Crippen molar-refractivity contribution in [3.63, 3.8) is 0 Å². The highest BCUT2D eigenvalue weighted by Gasteiger charge is 2.22. The minimum atomic E-state index is -0.414. The molecule has 2 rings (SSSR count). The molecular weight excluding hydrogens is 272 g/mol. The summed E-state index contributed by atoms with van der Waals surface area (Å²) in [5.41, 5.74) is 0.787. The van der Waals surface area contributed by atoms with E-state index in [-0.39, 0.29) is 18.4 Å². The highest BCUT2D eigenvalue weighted by atomic mass is 16.5. The fourth-order valence-corrected chi connectivity index (χ4v) is 2.39. The second-order valence-electron chi connectivity index (χ2n) is 5.51. The van der Waals surface area contributed by atoms with Crippen molar-refractivity contribution in [1.82, 2.24) is 20.7 Å². The van der Waals surface area contributed by atoms with Crippen LogP contribution in [-0.4, -0.2) is 48.0 Å². The number of aromatic nitrogens is 1. The lowest BCUT2D eigenvalue weighted by atomic mass is 10.1. The number of rotatable bonds is 5. The lowest BCUT2D eigenvalue weighted by Crippen LogP contribution is -2.48. The maximum atomic E-state index is 12.0. The number of nitrogens with zero attached hydrogens (tertiary/aromatic N) is 2. The molecule has 0 aromatic carbocycles. The van der Waals surface area contributed by atoms with Gasteiger partial charge in [-0.25, -0.2) is 0 Å². The van der Waals surface area contributed by atoms with Gasteiger partial charge in [-0.3, -0.25) is 14.5 Å². The molecule has 1 atom stereocenters. The minimum absolute atomic E-state index is 0.0874. The number of hydrogen-bond acceptors (Lipinski definition) is 5. The molecule has 1 aliphatic heterocycles. The van der Waals surface area contributed by atoms with Crippen molar-refractivity contribution < 1.29 is 14.1 Å². The van der Waals surface area contributed by atoms with Gasteiger partial charge in [0, 0.05) is 19.2 Å². The van der Waals surface area contributed by atoms with Gasteiger partial charge in [0.25, 0.3) is 0 Å². The number of likely N-dealkylation sites (N-methyl/N-ethyl adjacent to an activating group) is 1. The Morgan fingerprint density at radius 2 is 2.38 bits per heavy atom. The first-order valence-electron chi connectivity index (χ1n) is 7.22. The van der Waals surface area contributed by atoms with Gasteiger partial charge in [0.2, 0.25) is 11.8 Å². The Hall–Kier alpha value is -1.89. The normalized spacial score (nSPS) is 19.2. The predicted molar refractivity (Wildman–Crippen MR) is 76.4 cm³/mol. The van der Waals surface area contributed by atoms with Crippen LogP contribution < -0.4 is 10.6 Å². The summed E-state index contributed by atoms with van der Waals surface area (Å²) in [7, 11) is 1.83. The van der Waals surface area contributed by atoms with Crippen molar-refractivity contribution >= 4 is 11.8 Å². The largest absolute Gasteiger partial charge is 0.361 e. The van der Waals surface area contributed by atoms with Crippen LogP contribution in [0.25, 0.3) is 0 Å². The van der Waals surface area contributed by atoms with Crippen LogP contribution in [0.5, 0.6) is 0 Å². The maximum Gasteiger partial charge on any atom is 0.242 e. The van der Waals surface area contributed by atoms with Gasteiger partial charge in [-0.1, -0.05) is 5.16 Å². The smallest absolute Gasteiger partial charge is 0.242 e. The van der Waals surface area contributed by atoms with Gasteiger partial charge in [0.15, 0.2) is 0 Å². The average molecular weight is 294 g/mol. The number of amides is 2. The maximum absolute atomic E-state index is 12.0. The highest BCUT2D eigenvalue weighted by molar-refractivity contribution is 5.88. The Morgan fingerprint density at radius 3 is 3.10 bits per heavy atom. The third kappa shape index (κ3) is 4.86. The summed E-state index contributed by atoms with van der Waals surface area (Å²) in [6.07, 6.45) is 2.60. The van der Waals surface area contributed by atoms with Gasteiger partial charge in [-0.2, -0.15) is 0 Å². The zero-order chi connectivity index (χ0) is 15.2. The molecular formula is C14H22N4O3. The summed E-state index contributed by atoms with van der Waals surface area (Å²) in [6.45, 7) is 3.27. The summed E-state index contributed by atoms with van der Waals surface area (Å²) in [5.74, 6) is 0.508. The van der Waals surface area contributed by atoms with Crippen LogP contribution in [0.3, 0.4) is 0 Å². The molecule has 1 aromatic heterocycles. The monoisotopic (exact) mass is 294 g/mol. The van der Waals surface area contributed by atoms with E-state index in [1.54, 1.807) is 0 Å². The van der Waals surface area contributed by atoms with Crippen LogP contribution in [0, 0.1) is 6.92 Å². The second kappa shape index (κ2) is 7.21. The van der Waals surface area contributed by atoms with Gasteiger partial charge < -0.3 is 15.2 Å². The second-order valence-corrected chi connectivity index (χ2v) is 5.51. The number of aryl methyl sites for hydroxylation is 1. The SMILES string of the molecule is Cc1cc(CN(C)CC(=O)NC2CCCCNC2=O)no1. The van der Waals surface area contributed by atoms with Gasteiger partial charge in [-0.05, 0) is 33.2 Å². The molecule has 1 saturated heterocycles. The first-order valence-corrected chi connectivity index (χ1v) is 7.22. The van der Waals surface area contributed by atoms with Gasteiger partial charge in [0.05, 0.1) is 12.2 Å². The molecule has 0 saturated carbocycles. The number of nitrogens with one attached hydrogen (secondary N) is 2. The molecule has 2 amide bonds. The number of hydrogen-bond donors (Lipinski definition) is 2. The minimum Gasteiger partial charge on any atom is -0.361 e. The van der Waals surface area contributed by atoms with E-state index in [4.69, 9.17) is 4.52 Å². The zero-order valence-electron chi connectivity index (χ0n) is 12.5. The van der Waals surface area contributed by atoms with Crippen molar-refractivity contribution in [3.05, 3.63) is 17.5 Å². The molecule has 21 heavy (non-hydrogen) atoms. The molecule has 1 unspecified atom stereocenters. The molecule has 0 spiro atoms. The average Bonchev–Trinajstić information content (AvgIpc) is 2.70. The predicted octanol–water partition coefficient (Wildman–Crippen LogP) is 0.200. The molecule has 0 aliphatic carbocycles. The molecule has 7 heteroatoms. The Kier molecular flexibility index (Phi) is 5.32. The molecule has 2 heterocycles. The van der Waals surface area contributed by atoms with Crippen molar-refractivity contribution in [2.75, 3.05) is 20.1 Å². The van der Waals surface area contributed by atoms with E-state index in [2.05, 4.69) is 15.8 Å². The molecule has 2 N–H and O–H groups in total. The fourth-order valence-electron chi connectivity index (χ4n) is 2.39. The Morgan fingerprint density at radius 1 is 1.57 bits per heavy atom. The van der Waals surface area contributed by atoms with Gasteiger partial charge in [0.1, 0.15) is 11.8 Å². The Balaban J connectivity index is 1.79. The summed E-state index contributed by atoms with van der Waals surface area (Å²) in [6, 6.07) is 1.43. The van der Waals surface area contributed by atoms with Crippen LogP contribution >= 0.6 is 0 Å². The van der Waals surface area contributed by atoms with Crippen LogP contribution in [0.2, 0.25) is 0 Å². The first kappa shape index (κ1) is 15.5. The molecule has 1 aromatic rings. The summed E-state index contributed by atoms with van der Waals surface area (Å²) in [5, 5.41) is 9.49. The summed E-state index contributed by atoms with van der Waals surface area (Å²) >= 11 is 0. The van der Waals surface area contributed by atoms with E-state index in [0.717, 1.165) is 24.3 Å². The first-order chi connectivity index (χ1) is 10.0. The van der Waals surface area contributed by atoms with E-state index < -0.39 is 6.04 Å². The topological polar surface area (TPSA) is 87.5 Å². The lowest BCUT2D eigenvalue weighted by molar-refractivity contribution is -0.129. The van der Waals surface area contributed by atoms with Gasteiger partial charge in [-0.15, -0.1) is 0 Å². The number of carbonyl (C=O) groups excluding carboxylic acids is 2. The lowest BCUT2D eigenvalue weighted by Gasteiger charge is -2.18. The quantitative estimate of drug-likeness (QED) is 0.810. The Bertz CT molecular complexity index is 500. The van der Waals surface area contributed by atoms with Crippen LogP contribution in [-0.2, 0) is 16.1 Å². The molecule has 0 bridgehead atoms. The van der Waals surface area contributed by atoms with E-state index in [1.807, 2.05) is 24.9 Å². The third-order valence-electron chi connectivity index (χ3n) is 3.39. The molecule has 1 fully saturated rings. The molecule has 1 aliphatic rings. The summed E-state index contributed by atoms with van der Waals surface area (Å²) < 4.78 is 4.99. The standard InChI is InChI=1S/C14H22N4O3/c1-10-7-11(17-21-10)8-18(2)9-13(19)16-12-5-3-4-6-15-14(12)20/h7,12H,3-6,8-9H2,1-2H3,(H,15,20)(H,16,19). The van der Waals surface area contributed by atoms with Gasteiger partial charge >= 0.3 is 0 Å². The number of carbonyl (C=O) groups is 2. The van der Waals surface area contributed by atoms with Crippen molar-refractivity contribution in [1.29, 1.82) is 0 Å². The van der Waals surface area contributed by atoms with Crippen molar-refractivity contribution in [3.8, 4) is 0 Å². The molecule has 0 radical (unpaired) electrons. The highest BCUT2D eigenvalue weighted by Crippen LogP contribution is 2.06. The van der Waals surface area contributed by atoms with Crippen molar-refractivity contribution in [2.24, 2.45) is 0 Å². The third-order valence-corrected chi connectivity index (χ3v) is 3.39. The van der Waals surface area contributed by atoms with E-state index in [0.29, 0.717) is 19.5 Å². The van der Waals surface area contributed by atoms with E-state index in [1.165, 1.54) is 0 Å². The molecule has 116 valence electrons. The van der Waals surface area contributed by atoms with E-state index >= 15 is 0 Å². The fraction of sp³-hybridized carbons (Fsp3) is 0.643. The van der Waals surface area contributed by atoms with E-state index in [9.17, 15) is 9.59 Å².